The summed E-state index contributed by atoms with van der Waals surface area (Å²) < 4.78 is 91.6. The lowest BCUT2D eigenvalue weighted by Gasteiger charge is -2.55. The molecule has 0 amide bonds. The number of alkyl halides is 6. The Hall–Kier alpha value is -1.44. The van der Waals surface area contributed by atoms with Gasteiger partial charge in [0.05, 0.1) is 6.61 Å². The van der Waals surface area contributed by atoms with E-state index in [0.29, 0.717) is 29.9 Å². The first kappa shape index (κ1) is 34.4. The van der Waals surface area contributed by atoms with Crippen LogP contribution in [0.25, 0.3) is 0 Å². The topological polar surface area (TPSA) is 18.5 Å². The third-order valence-electron chi connectivity index (χ3n) is 11.0. The molecule has 0 aliphatic heterocycles. The van der Waals surface area contributed by atoms with Crippen LogP contribution in [0.5, 0.6) is 5.75 Å². The van der Waals surface area contributed by atoms with E-state index in [1.165, 1.54) is 96.3 Å². The van der Waals surface area contributed by atoms with Crippen LogP contribution in [0.2, 0.25) is 0 Å². The summed E-state index contributed by atoms with van der Waals surface area (Å²) in [6, 6.07) is 7.16. The molecule has 0 saturated heterocycles. The van der Waals surface area contributed by atoms with Gasteiger partial charge in [0, 0.05) is 6.42 Å². The molecule has 0 heterocycles. The van der Waals surface area contributed by atoms with Gasteiger partial charge in [0.25, 0.3) is 0 Å². The smallest absolute Gasteiger partial charge is 0.402 e. The molecule has 1 atom stereocenters. The second-order valence-electron chi connectivity index (χ2n) is 13.5. The highest BCUT2D eigenvalue weighted by Gasteiger charge is 2.57. The first-order chi connectivity index (χ1) is 20.5. The summed E-state index contributed by atoms with van der Waals surface area (Å²) in [4.78, 5) is 0. The molecule has 3 saturated carbocycles. The Balaban J connectivity index is 1.55. The molecular formula is C35H52F6O2. The van der Waals surface area contributed by atoms with Gasteiger partial charge < -0.3 is 9.47 Å². The van der Waals surface area contributed by atoms with Crippen molar-refractivity contribution in [1.29, 1.82) is 0 Å². The molecule has 4 rings (SSSR count). The maximum Gasteiger partial charge on any atom is 0.402 e. The molecule has 43 heavy (non-hydrogen) atoms. The fraction of sp³-hybridized carbons (Fsp3) is 0.829. The molecule has 0 radical (unpaired) electrons. The Morgan fingerprint density at radius 2 is 1.12 bits per heavy atom. The fourth-order valence-corrected chi connectivity index (χ4v) is 8.82. The van der Waals surface area contributed by atoms with Gasteiger partial charge in [-0.1, -0.05) is 76.8 Å². The average Bonchev–Trinajstić information content (AvgIpc) is 2.99. The van der Waals surface area contributed by atoms with Gasteiger partial charge in [-0.2, -0.15) is 26.3 Å². The van der Waals surface area contributed by atoms with Gasteiger partial charge in [0.1, 0.15) is 5.75 Å². The summed E-state index contributed by atoms with van der Waals surface area (Å²) in [6.07, 6.45) is 9.46. The predicted octanol–water partition coefficient (Wildman–Crippen LogP) is 11.6. The van der Waals surface area contributed by atoms with Crippen molar-refractivity contribution in [3.05, 3.63) is 29.8 Å². The Morgan fingerprint density at radius 3 is 1.51 bits per heavy atom. The number of halogens is 6. The first-order valence-electron chi connectivity index (χ1n) is 17.0. The molecule has 8 heteroatoms. The molecule has 1 aromatic rings. The van der Waals surface area contributed by atoms with E-state index >= 15 is 0 Å². The van der Waals surface area contributed by atoms with Crippen molar-refractivity contribution in [2.45, 2.75) is 148 Å². The highest BCUT2D eigenvalue weighted by Crippen LogP contribution is 2.59. The average molecular weight is 619 g/mol. The van der Waals surface area contributed by atoms with E-state index in [4.69, 9.17) is 9.47 Å². The third-order valence-corrected chi connectivity index (χ3v) is 11.0. The van der Waals surface area contributed by atoms with Crippen LogP contribution >= 0.6 is 0 Å². The van der Waals surface area contributed by atoms with E-state index < -0.39 is 31.2 Å². The van der Waals surface area contributed by atoms with Gasteiger partial charge in [-0.25, -0.2) is 0 Å². The maximum atomic E-state index is 13.4. The Labute approximate surface area is 254 Å². The normalized spacial score (nSPS) is 21.3. The highest BCUT2D eigenvalue weighted by atomic mass is 19.4. The molecule has 0 spiro atoms. The Kier molecular flexibility index (Phi) is 12.6. The zero-order chi connectivity index (χ0) is 30.9. The van der Waals surface area contributed by atoms with Crippen LogP contribution in [-0.4, -0.2) is 25.2 Å². The quantitative estimate of drug-likeness (QED) is 0.162. The maximum absolute atomic E-state index is 13.4. The summed E-state index contributed by atoms with van der Waals surface area (Å²) in [5.74, 6) is -1.20. The summed E-state index contributed by atoms with van der Waals surface area (Å²) in [6.45, 7) is 0.511. The van der Waals surface area contributed by atoms with Gasteiger partial charge in [-0.05, 0) is 98.7 Å². The number of rotatable bonds is 13. The molecule has 0 bridgehead atoms. The van der Waals surface area contributed by atoms with Gasteiger partial charge in [0.15, 0.2) is 12.2 Å². The van der Waals surface area contributed by atoms with Crippen molar-refractivity contribution < 1.29 is 35.8 Å². The highest BCUT2D eigenvalue weighted by molar-refractivity contribution is 5.27. The number of hydrogen-bond donors (Lipinski definition) is 0. The van der Waals surface area contributed by atoms with Crippen LogP contribution in [0.3, 0.4) is 0 Å². The lowest BCUT2D eigenvalue weighted by molar-refractivity contribution is -0.301. The summed E-state index contributed by atoms with van der Waals surface area (Å²) in [5, 5.41) is 0. The molecule has 0 aromatic heterocycles. The van der Waals surface area contributed by atoms with Gasteiger partial charge >= 0.3 is 12.4 Å². The molecular weight excluding hydrogens is 566 g/mol. The van der Waals surface area contributed by atoms with Crippen LogP contribution in [0.4, 0.5) is 26.3 Å². The molecule has 246 valence electrons. The van der Waals surface area contributed by atoms with E-state index in [1.807, 2.05) is 19.1 Å². The largest absolute Gasteiger partial charge is 0.465 e. The van der Waals surface area contributed by atoms with Crippen LogP contribution in [0.15, 0.2) is 24.3 Å². The van der Waals surface area contributed by atoms with E-state index in [9.17, 15) is 26.3 Å². The molecule has 3 aliphatic carbocycles. The standard InChI is InChI=1S/C35H52F6O2/c1-2-26-20-22-30(23-21-26)43-32(42-25-31(34(36,37)38)35(39,40)41)19-12-24-33(27-13-6-3-7-14-27,28-15-8-4-9-16-28)29-17-10-5-11-18-29/h20-23,27-29,31-32H,2-19,24-25H2,1H3. The van der Waals surface area contributed by atoms with Crippen molar-refractivity contribution in [3.8, 4) is 5.75 Å². The minimum absolute atomic E-state index is 0.190. The summed E-state index contributed by atoms with van der Waals surface area (Å²) >= 11 is 0. The molecule has 1 unspecified atom stereocenters. The lowest BCUT2D eigenvalue weighted by Crippen LogP contribution is -2.47. The number of aryl methyl sites for hydroxylation is 1. The lowest BCUT2D eigenvalue weighted by atomic mass is 9.50. The van der Waals surface area contributed by atoms with E-state index in [0.717, 1.165) is 18.4 Å². The van der Waals surface area contributed by atoms with Crippen LogP contribution < -0.4 is 4.74 Å². The molecule has 3 aliphatic rings. The zero-order valence-electron chi connectivity index (χ0n) is 25.9. The van der Waals surface area contributed by atoms with Gasteiger partial charge in [0.2, 0.25) is 0 Å². The predicted molar refractivity (Wildman–Crippen MR) is 158 cm³/mol. The SMILES string of the molecule is CCc1ccc(OC(CCCC(C2CCCCC2)(C2CCCCC2)C2CCCCC2)OCC(C(F)(F)F)C(F)(F)F)cc1. The van der Waals surface area contributed by atoms with E-state index in [1.54, 1.807) is 12.1 Å². The third kappa shape index (κ3) is 9.29. The van der Waals surface area contributed by atoms with Crippen LogP contribution in [-0.2, 0) is 11.2 Å². The fourth-order valence-electron chi connectivity index (χ4n) is 8.82. The second-order valence-corrected chi connectivity index (χ2v) is 13.5. The molecule has 3 fully saturated rings. The summed E-state index contributed by atoms with van der Waals surface area (Å²) in [7, 11) is 0. The van der Waals surface area contributed by atoms with Crippen molar-refractivity contribution in [2.75, 3.05) is 6.61 Å². The van der Waals surface area contributed by atoms with E-state index in [2.05, 4.69) is 0 Å². The van der Waals surface area contributed by atoms with Gasteiger partial charge in [-0.3, -0.25) is 0 Å². The van der Waals surface area contributed by atoms with E-state index in [-0.39, 0.29) is 11.8 Å². The number of ether oxygens (including phenoxy) is 2. The number of benzene rings is 1. The minimum Gasteiger partial charge on any atom is -0.465 e. The van der Waals surface area contributed by atoms with Crippen molar-refractivity contribution >= 4 is 0 Å². The minimum atomic E-state index is -5.44. The van der Waals surface area contributed by atoms with Crippen molar-refractivity contribution in [3.63, 3.8) is 0 Å². The van der Waals surface area contributed by atoms with Crippen LogP contribution in [0.1, 0.15) is 128 Å². The first-order valence-corrected chi connectivity index (χ1v) is 17.0. The Morgan fingerprint density at radius 1 is 0.674 bits per heavy atom. The number of hydrogen-bond acceptors (Lipinski definition) is 2. The summed E-state index contributed by atoms with van der Waals surface area (Å²) in [5.41, 5.74) is 1.26. The zero-order valence-corrected chi connectivity index (χ0v) is 25.9. The second kappa shape index (κ2) is 15.7. The van der Waals surface area contributed by atoms with Crippen molar-refractivity contribution in [1.82, 2.24) is 0 Å². The Bertz CT molecular complexity index is 866. The van der Waals surface area contributed by atoms with Crippen LogP contribution in [0, 0.1) is 29.1 Å². The van der Waals surface area contributed by atoms with Crippen molar-refractivity contribution in [2.24, 2.45) is 29.1 Å². The molecule has 1 aromatic carbocycles. The monoisotopic (exact) mass is 618 g/mol. The van der Waals surface area contributed by atoms with Gasteiger partial charge in [-0.15, -0.1) is 0 Å². The molecule has 2 nitrogen and oxygen atoms in total. The molecule has 0 N–H and O–H groups in total.